The maximum atomic E-state index is 14.1. The van der Waals surface area contributed by atoms with Crippen LogP contribution in [0.5, 0.6) is 0 Å². The molecule has 154 valence electrons. The number of hydrogen-bond acceptors (Lipinski definition) is 5. The molecule has 2 aliphatic rings. The zero-order valence-corrected chi connectivity index (χ0v) is 16.9. The van der Waals surface area contributed by atoms with Gasteiger partial charge in [0.1, 0.15) is 29.5 Å². The van der Waals surface area contributed by atoms with Crippen molar-refractivity contribution >= 4 is 11.7 Å². The van der Waals surface area contributed by atoms with E-state index in [9.17, 15) is 9.18 Å². The van der Waals surface area contributed by atoms with Crippen LogP contribution in [0.4, 0.5) is 10.2 Å². The molecule has 3 atom stereocenters. The summed E-state index contributed by atoms with van der Waals surface area (Å²) in [6, 6.07) is 8.38. The maximum absolute atomic E-state index is 14.1. The number of likely N-dealkylation sites (tertiary alicyclic amines) is 1. The van der Waals surface area contributed by atoms with Crippen molar-refractivity contribution in [2.24, 2.45) is 11.8 Å². The van der Waals surface area contributed by atoms with Gasteiger partial charge in [-0.05, 0) is 31.5 Å². The molecule has 2 aromatic heterocycles. The number of halogens is 1. The van der Waals surface area contributed by atoms with Gasteiger partial charge in [0, 0.05) is 43.2 Å². The van der Waals surface area contributed by atoms with E-state index in [0.717, 1.165) is 30.2 Å². The van der Waals surface area contributed by atoms with Crippen molar-refractivity contribution in [3.63, 3.8) is 0 Å². The number of carbonyl (C=O) groups is 1. The number of fused-ring (bicyclic) bond motifs is 1. The fraction of sp³-hybridized carbons (Fsp3) is 0.364. The van der Waals surface area contributed by atoms with Gasteiger partial charge in [0.15, 0.2) is 0 Å². The summed E-state index contributed by atoms with van der Waals surface area (Å²) < 4.78 is 14.1. The Morgan fingerprint density at radius 3 is 2.73 bits per heavy atom. The number of aromatic amines is 1. The second-order valence-corrected chi connectivity index (χ2v) is 8.19. The van der Waals surface area contributed by atoms with Gasteiger partial charge < -0.3 is 14.8 Å². The molecule has 2 saturated heterocycles. The van der Waals surface area contributed by atoms with Gasteiger partial charge in [0.05, 0.1) is 12.2 Å². The van der Waals surface area contributed by atoms with E-state index in [2.05, 4.69) is 24.8 Å². The van der Waals surface area contributed by atoms with E-state index >= 15 is 0 Å². The molecule has 2 aliphatic heterocycles. The van der Waals surface area contributed by atoms with Crippen LogP contribution in [-0.2, 0) is 0 Å². The van der Waals surface area contributed by atoms with Crippen LogP contribution in [0.15, 0.2) is 42.9 Å². The molecule has 2 fully saturated rings. The highest BCUT2D eigenvalue weighted by molar-refractivity contribution is 5.92. The van der Waals surface area contributed by atoms with Crippen molar-refractivity contribution in [3.8, 4) is 0 Å². The Hall–Kier alpha value is -3.29. The minimum atomic E-state index is -0.290. The largest absolute Gasteiger partial charge is 0.356 e. The lowest BCUT2D eigenvalue weighted by molar-refractivity contribution is 0.0710. The number of carbonyl (C=O) groups excluding carboxylic acids is 1. The molecule has 7 nitrogen and oxygen atoms in total. The Morgan fingerprint density at radius 2 is 2.00 bits per heavy atom. The third-order valence-electron chi connectivity index (χ3n) is 6.16. The van der Waals surface area contributed by atoms with Gasteiger partial charge in [0.2, 0.25) is 0 Å². The van der Waals surface area contributed by atoms with Crippen LogP contribution in [0.3, 0.4) is 0 Å². The number of aromatic nitrogens is 4. The first-order chi connectivity index (χ1) is 14.5. The van der Waals surface area contributed by atoms with Crippen LogP contribution in [0.2, 0.25) is 0 Å². The predicted molar refractivity (Wildman–Crippen MR) is 109 cm³/mol. The van der Waals surface area contributed by atoms with Gasteiger partial charge in [-0.3, -0.25) is 4.79 Å². The summed E-state index contributed by atoms with van der Waals surface area (Å²) in [6.45, 7) is 5.95. The van der Waals surface area contributed by atoms with Crippen molar-refractivity contribution < 1.29 is 9.18 Å². The Bertz CT molecular complexity index is 1100. The number of imidazole rings is 1. The SMILES string of the molecule is Cc1cc(N2C[C@H]3CN(C(=O)c4cnc(C)[nH]4)[C@H](c4cccc(F)c4)[C@H]3C2)ncn1. The lowest BCUT2D eigenvalue weighted by atomic mass is 9.89. The number of hydrogen-bond donors (Lipinski definition) is 1. The second kappa shape index (κ2) is 7.19. The van der Waals surface area contributed by atoms with Gasteiger partial charge in [-0.15, -0.1) is 0 Å². The highest BCUT2D eigenvalue weighted by atomic mass is 19.1. The normalized spacial score (nSPS) is 23.1. The minimum Gasteiger partial charge on any atom is -0.356 e. The summed E-state index contributed by atoms with van der Waals surface area (Å²) in [4.78, 5) is 33.2. The van der Waals surface area contributed by atoms with Gasteiger partial charge in [-0.1, -0.05) is 12.1 Å². The minimum absolute atomic E-state index is 0.0938. The van der Waals surface area contributed by atoms with Crippen molar-refractivity contribution in [2.75, 3.05) is 24.5 Å². The lowest BCUT2D eigenvalue weighted by Gasteiger charge is -2.30. The zero-order chi connectivity index (χ0) is 20.8. The summed E-state index contributed by atoms with van der Waals surface area (Å²) >= 11 is 0. The first kappa shape index (κ1) is 18.7. The average Bonchev–Trinajstić information content (AvgIpc) is 3.41. The molecular weight excluding hydrogens is 383 g/mol. The number of amides is 1. The molecule has 1 aromatic carbocycles. The Labute approximate surface area is 174 Å². The summed E-state index contributed by atoms with van der Waals surface area (Å²) in [7, 11) is 0. The molecule has 5 rings (SSSR count). The van der Waals surface area contributed by atoms with E-state index in [1.54, 1.807) is 24.7 Å². The molecule has 1 N–H and O–H groups in total. The van der Waals surface area contributed by atoms with Gasteiger partial charge >= 0.3 is 0 Å². The van der Waals surface area contributed by atoms with Crippen LogP contribution in [-0.4, -0.2) is 50.4 Å². The van der Waals surface area contributed by atoms with Crippen LogP contribution in [0, 0.1) is 31.5 Å². The first-order valence-corrected chi connectivity index (χ1v) is 10.1. The molecule has 1 amide bonds. The molecule has 8 heteroatoms. The monoisotopic (exact) mass is 406 g/mol. The summed E-state index contributed by atoms with van der Waals surface area (Å²) in [6.07, 6.45) is 3.16. The van der Waals surface area contributed by atoms with Crippen molar-refractivity contribution in [1.82, 2.24) is 24.8 Å². The number of anilines is 1. The lowest BCUT2D eigenvalue weighted by Crippen LogP contribution is -2.36. The number of nitrogens with zero attached hydrogens (tertiary/aromatic N) is 5. The molecule has 30 heavy (non-hydrogen) atoms. The van der Waals surface area contributed by atoms with Crippen molar-refractivity contribution in [1.29, 1.82) is 0 Å². The summed E-state index contributed by atoms with van der Waals surface area (Å²) in [5.41, 5.74) is 2.22. The van der Waals surface area contributed by atoms with E-state index in [4.69, 9.17) is 0 Å². The van der Waals surface area contributed by atoms with E-state index in [-0.39, 0.29) is 29.6 Å². The number of nitrogens with one attached hydrogen (secondary N) is 1. The molecule has 0 aliphatic carbocycles. The number of rotatable bonds is 3. The van der Waals surface area contributed by atoms with Crippen LogP contribution < -0.4 is 4.90 Å². The summed E-state index contributed by atoms with van der Waals surface area (Å²) in [5.74, 6) is 1.68. The average molecular weight is 406 g/mol. The van der Waals surface area contributed by atoms with Gasteiger partial charge in [-0.2, -0.15) is 0 Å². The number of aryl methyl sites for hydroxylation is 2. The van der Waals surface area contributed by atoms with Crippen molar-refractivity contribution in [2.45, 2.75) is 19.9 Å². The molecule has 0 saturated carbocycles. The highest BCUT2D eigenvalue weighted by Crippen LogP contribution is 2.46. The molecule has 0 radical (unpaired) electrons. The van der Waals surface area contributed by atoms with Crippen LogP contribution in [0.25, 0.3) is 0 Å². The fourth-order valence-corrected chi connectivity index (χ4v) is 4.86. The second-order valence-electron chi connectivity index (χ2n) is 8.19. The predicted octanol–water partition coefficient (Wildman–Crippen LogP) is 2.91. The Kier molecular flexibility index (Phi) is 4.49. The number of benzene rings is 1. The third kappa shape index (κ3) is 3.22. The first-order valence-electron chi connectivity index (χ1n) is 10.1. The molecule has 4 heterocycles. The molecule has 0 spiro atoms. The summed E-state index contributed by atoms with van der Waals surface area (Å²) in [5, 5.41) is 0. The van der Waals surface area contributed by atoms with E-state index in [1.807, 2.05) is 30.9 Å². The highest BCUT2D eigenvalue weighted by Gasteiger charge is 2.49. The molecule has 0 unspecified atom stereocenters. The standard InChI is InChI=1S/C22H23FN6O/c1-13-6-20(26-12-25-13)28-9-16-10-29(22(30)19-8-24-14(2)27-19)21(18(16)11-28)15-4-3-5-17(23)7-15/h3-8,12,16,18,21H,9-11H2,1-2H3,(H,24,27)/t16-,18-,21+/m0/s1. The van der Waals surface area contributed by atoms with E-state index in [1.165, 1.54) is 6.07 Å². The molecular formula is C22H23FN6O. The van der Waals surface area contributed by atoms with E-state index < -0.39 is 0 Å². The van der Waals surface area contributed by atoms with E-state index in [0.29, 0.717) is 18.1 Å². The van der Waals surface area contributed by atoms with Crippen LogP contribution in [0.1, 0.15) is 33.6 Å². The maximum Gasteiger partial charge on any atom is 0.272 e. The fourth-order valence-electron chi connectivity index (χ4n) is 4.86. The van der Waals surface area contributed by atoms with Crippen LogP contribution >= 0.6 is 0 Å². The van der Waals surface area contributed by atoms with Crippen molar-refractivity contribution in [3.05, 3.63) is 71.4 Å². The molecule has 3 aromatic rings. The van der Waals surface area contributed by atoms with Gasteiger partial charge in [0.25, 0.3) is 5.91 Å². The Morgan fingerprint density at radius 1 is 1.13 bits per heavy atom. The molecule has 0 bridgehead atoms. The van der Waals surface area contributed by atoms with Gasteiger partial charge in [-0.25, -0.2) is 19.3 Å². The Balaban J connectivity index is 1.48. The quantitative estimate of drug-likeness (QED) is 0.724. The zero-order valence-electron chi connectivity index (χ0n) is 16.9. The third-order valence-corrected chi connectivity index (χ3v) is 6.16. The smallest absolute Gasteiger partial charge is 0.272 e. The number of H-pyrrole nitrogens is 1. The topological polar surface area (TPSA) is 78.0 Å².